The molecule has 0 atom stereocenters. The van der Waals surface area contributed by atoms with E-state index in [0.29, 0.717) is 5.92 Å². The molecule has 0 unspecified atom stereocenters. The van der Waals surface area contributed by atoms with E-state index >= 15 is 0 Å². The average molecular weight is 350 g/mol. The lowest BCUT2D eigenvalue weighted by Crippen LogP contribution is -2.10. The number of rotatable bonds is 6. The van der Waals surface area contributed by atoms with Gasteiger partial charge in [-0.3, -0.25) is 4.68 Å². The topological polar surface area (TPSA) is 55.6 Å². The van der Waals surface area contributed by atoms with Crippen LogP contribution in [0.3, 0.4) is 0 Å². The highest BCUT2D eigenvalue weighted by atomic mass is 79.9. The molecule has 112 valence electrons. The molecule has 1 fully saturated rings. The number of nitrogens with zero attached hydrogens (tertiary/aromatic N) is 4. The molecule has 2 heterocycles. The summed E-state index contributed by atoms with van der Waals surface area (Å²) < 4.78 is 2.92. The van der Waals surface area contributed by atoms with Crippen molar-refractivity contribution >= 4 is 21.7 Å². The second kappa shape index (κ2) is 6.13. The van der Waals surface area contributed by atoms with Crippen LogP contribution in [-0.2, 0) is 6.54 Å². The zero-order chi connectivity index (χ0) is 14.8. The number of aryl methyl sites for hydroxylation is 3. The van der Waals surface area contributed by atoms with Crippen LogP contribution in [0.5, 0.6) is 0 Å². The van der Waals surface area contributed by atoms with E-state index in [4.69, 9.17) is 0 Å². The normalized spacial score (nSPS) is 14.4. The van der Waals surface area contributed by atoms with Crippen molar-refractivity contribution in [2.75, 3.05) is 11.9 Å². The molecule has 3 rings (SSSR count). The van der Waals surface area contributed by atoms with Gasteiger partial charge in [0.15, 0.2) is 0 Å². The Labute approximate surface area is 133 Å². The fourth-order valence-corrected chi connectivity index (χ4v) is 2.79. The highest BCUT2D eigenvalue weighted by molar-refractivity contribution is 9.10. The third kappa shape index (κ3) is 3.81. The Kier molecular flexibility index (Phi) is 4.24. The van der Waals surface area contributed by atoms with Gasteiger partial charge >= 0.3 is 0 Å². The van der Waals surface area contributed by atoms with Crippen molar-refractivity contribution in [1.82, 2.24) is 19.7 Å². The van der Waals surface area contributed by atoms with Crippen LogP contribution < -0.4 is 5.32 Å². The summed E-state index contributed by atoms with van der Waals surface area (Å²) in [4.78, 5) is 9.02. The standard InChI is InChI=1S/C15H20BrN5/c1-10-8-11(2)21(20-10)7-3-6-17-14-9-13(16)18-15(19-14)12-4-5-12/h8-9,12H,3-7H2,1-2H3,(H,17,18,19). The summed E-state index contributed by atoms with van der Waals surface area (Å²) in [5, 5.41) is 7.85. The molecule has 1 N–H and O–H groups in total. The van der Waals surface area contributed by atoms with Crippen molar-refractivity contribution in [3.05, 3.63) is 33.9 Å². The summed E-state index contributed by atoms with van der Waals surface area (Å²) >= 11 is 3.46. The van der Waals surface area contributed by atoms with E-state index in [9.17, 15) is 0 Å². The molecule has 0 aromatic carbocycles. The molecule has 0 bridgehead atoms. The first kappa shape index (κ1) is 14.5. The zero-order valence-corrected chi connectivity index (χ0v) is 14.0. The number of hydrogen-bond donors (Lipinski definition) is 1. The molecule has 6 heteroatoms. The Morgan fingerprint density at radius 2 is 2.10 bits per heavy atom. The predicted molar refractivity (Wildman–Crippen MR) is 86.5 cm³/mol. The molecule has 0 aliphatic heterocycles. The second-order valence-electron chi connectivity index (χ2n) is 5.64. The predicted octanol–water partition coefficient (Wildman–Crippen LogP) is 3.43. The fraction of sp³-hybridized carbons (Fsp3) is 0.533. The molecule has 0 saturated heterocycles. The molecule has 1 aliphatic carbocycles. The van der Waals surface area contributed by atoms with E-state index in [2.05, 4.69) is 54.0 Å². The quantitative estimate of drug-likeness (QED) is 0.641. The van der Waals surface area contributed by atoms with Gasteiger partial charge in [-0.05, 0) is 55.1 Å². The van der Waals surface area contributed by atoms with E-state index < -0.39 is 0 Å². The van der Waals surface area contributed by atoms with Gasteiger partial charge in [0.05, 0.1) is 5.69 Å². The molecular formula is C15H20BrN5. The lowest BCUT2D eigenvalue weighted by molar-refractivity contribution is 0.573. The minimum atomic E-state index is 0.567. The highest BCUT2D eigenvalue weighted by Crippen LogP contribution is 2.38. The van der Waals surface area contributed by atoms with Gasteiger partial charge in [0.25, 0.3) is 0 Å². The van der Waals surface area contributed by atoms with Crippen LogP contribution in [0.2, 0.25) is 0 Å². The summed E-state index contributed by atoms with van der Waals surface area (Å²) in [5.41, 5.74) is 2.29. The first-order chi connectivity index (χ1) is 10.1. The van der Waals surface area contributed by atoms with Gasteiger partial charge in [-0.1, -0.05) is 0 Å². The van der Waals surface area contributed by atoms with Crippen LogP contribution in [0.4, 0.5) is 5.82 Å². The van der Waals surface area contributed by atoms with E-state index in [1.165, 1.54) is 18.5 Å². The van der Waals surface area contributed by atoms with Crippen molar-refractivity contribution < 1.29 is 0 Å². The van der Waals surface area contributed by atoms with Crippen molar-refractivity contribution in [3.8, 4) is 0 Å². The zero-order valence-electron chi connectivity index (χ0n) is 12.4. The van der Waals surface area contributed by atoms with Gasteiger partial charge < -0.3 is 5.32 Å². The van der Waals surface area contributed by atoms with Crippen molar-refractivity contribution in [2.45, 2.75) is 45.6 Å². The molecular weight excluding hydrogens is 330 g/mol. The molecule has 1 aliphatic rings. The summed E-state index contributed by atoms with van der Waals surface area (Å²) in [6, 6.07) is 4.05. The molecule has 0 radical (unpaired) electrons. The van der Waals surface area contributed by atoms with Gasteiger partial charge in [0.2, 0.25) is 0 Å². The maximum atomic E-state index is 4.59. The van der Waals surface area contributed by atoms with Crippen LogP contribution in [-0.4, -0.2) is 26.3 Å². The minimum absolute atomic E-state index is 0.567. The highest BCUT2D eigenvalue weighted by Gasteiger charge is 2.27. The van der Waals surface area contributed by atoms with Gasteiger partial charge in [0, 0.05) is 30.8 Å². The average Bonchev–Trinajstić information content (AvgIpc) is 3.21. The first-order valence-electron chi connectivity index (χ1n) is 7.41. The van der Waals surface area contributed by atoms with Crippen LogP contribution in [0, 0.1) is 13.8 Å². The second-order valence-corrected chi connectivity index (χ2v) is 6.45. The maximum Gasteiger partial charge on any atom is 0.135 e. The Balaban J connectivity index is 1.52. The molecule has 2 aromatic heterocycles. The van der Waals surface area contributed by atoms with Gasteiger partial charge in [-0.2, -0.15) is 5.10 Å². The fourth-order valence-electron chi connectivity index (χ4n) is 2.40. The molecule has 21 heavy (non-hydrogen) atoms. The maximum absolute atomic E-state index is 4.59. The first-order valence-corrected chi connectivity index (χ1v) is 8.20. The monoisotopic (exact) mass is 349 g/mol. The Morgan fingerprint density at radius 3 is 2.76 bits per heavy atom. The van der Waals surface area contributed by atoms with Gasteiger partial charge in [-0.25, -0.2) is 9.97 Å². The van der Waals surface area contributed by atoms with E-state index in [1.807, 2.05) is 13.0 Å². The Hall–Kier alpha value is -1.43. The van der Waals surface area contributed by atoms with E-state index in [1.54, 1.807) is 0 Å². The number of hydrogen-bond acceptors (Lipinski definition) is 4. The molecule has 0 amide bonds. The summed E-state index contributed by atoms with van der Waals surface area (Å²) in [7, 11) is 0. The summed E-state index contributed by atoms with van der Waals surface area (Å²) in [5.74, 6) is 2.44. The molecule has 0 spiro atoms. The van der Waals surface area contributed by atoms with Crippen molar-refractivity contribution in [3.63, 3.8) is 0 Å². The van der Waals surface area contributed by atoms with E-state index in [-0.39, 0.29) is 0 Å². The Morgan fingerprint density at radius 1 is 1.29 bits per heavy atom. The smallest absolute Gasteiger partial charge is 0.135 e. The molecule has 1 saturated carbocycles. The van der Waals surface area contributed by atoms with Gasteiger partial charge in [0.1, 0.15) is 16.2 Å². The van der Waals surface area contributed by atoms with Crippen molar-refractivity contribution in [1.29, 1.82) is 0 Å². The van der Waals surface area contributed by atoms with E-state index in [0.717, 1.165) is 41.4 Å². The minimum Gasteiger partial charge on any atom is -0.370 e. The number of nitrogens with one attached hydrogen (secondary N) is 1. The molecule has 5 nitrogen and oxygen atoms in total. The number of aromatic nitrogens is 4. The van der Waals surface area contributed by atoms with Crippen LogP contribution in [0.25, 0.3) is 0 Å². The Bertz CT molecular complexity index is 633. The largest absolute Gasteiger partial charge is 0.370 e. The third-order valence-electron chi connectivity index (χ3n) is 3.61. The third-order valence-corrected chi connectivity index (χ3v) is 4.02. The van der Waals surface area contributed by atoms with Crippen LogP contribution >= 0.6 is 15.9 Å². The molecule has 2 aromatic rings. The SMILES string of the molecule is Cc1cc(C)n(CCCNc2cc(Br)nc(C3CC3)n2)n1. The number of anilines is 1. The summed E-state index contributed by atoms with van der Waals surface area (Å²) in [6.45, 7) is 5.93. The van der Waals surface area contributed by atoms with Gasteiger partial charge in [-0.15, -0.1) is 0 Å². The summed E-state index contributed by atoms with van der Waals surface area (Å²) in [6.07, 6.45) is 3.45. The van der Waals surface area contributed by atoms with Crippen LogP contribution in [0.15, 0.2) is 16.7 Å². The number of halogens is 1. The lowest BCUT2D eigenvalue weighted by atomic mass is 10.3. The van der Waals surface area contributed by atoms with Crippen molar-refractivity contribution in [2.24, 2.45) is 0 Å². The van der Waals surface area contributed by atoms with Crippen LogP contribution in [0.1, 0.15) is 42.4 Å². The lowest BCUT2D eigenvalue weighted by Gasteiger charge is -2.08.